The number of aromatic amines is 2. The molecule has 98 valence electrons. The molecular weight excluding hydrogens is 316 g/mol. The lowest BCUT2D eigenvalue weighted by atomic mass is 9.88. The molecule has 2 rings (SSSR count). The maximum Gasteiger partial charge on any atom is 0.323 e. The van der Waals surface area contributed by atoms with Crippen LogP contribution in [-0.4, -0.2) is 9.97 Å². The van der Waals surface area contributed by atoms with Gasteiger partial charge in [0, 0.05) is 4.47 Å². The van der Waals surface area contributed by atoms with Crippen LogP contribution >= 0.6 is 27.5 Å². The van der Waals surface area contributed by atoms with Crippen molar-refractivity contribution in [3.05, 3.63) is 32.7 Å². The average molecular weight is 332 g/mol. The van der Waals surface area contributed by atoms with Crippen LogP contribution in [0, 0.1) is 5.41 Å². The maximum atomic E-state index is 11.3. The van der Waals surface area contributed by atoms with Crippen LogP contribution in [0.15, 0.2) is 21.4 Å². The van der Waals surface area contributed by atoms with Crippen LogP contribution in [0.25, 0.3) is 11.0 Å². The zero-order valence-corrected chi connectivity index (χ0v) is 12.9. The molecular formula is C13H16BrClN2O. The van der Waals surface area contributed by atoms with Crippen LogP contribution < -0.4 is 5.69 Å². The van der Waals surface area contributed by atoms with Crippen molar-refractivity contribution >= 4 is 38.6 Å². The van der Waals surface area contributed by atoms with E-state index < -0.39 is 0 Å². The molecule has 0 amide bonds. The molecule has 0 bridgehead atoms. The zero-order valence-electron chi connectivity index (χ0n) is 10.6. The smallest absolute Gasteiger partial charge is 0.306 e. The van der Waals surface area contributed by atoms with Crippen LogP contribution in [0.1, 0.15) is 38.1 Å². The van der Waals surface area contributed by atoms with E-state index in [0.717, 1.165) is 27.5 Å². The number of benzene rings is 1. The molecule has 3 nitrogen and oxygen atoms in total. The number of alkyl halides is 1. The molecule has 1 aromatic heterocycles. The van der Waals surface area contributed by atoms with Gasteiger partial charge in [0.2, 0.25) is 0 Å². The Hall–Kier alpha value is -0.740. The van der Waals surface area contributed by atoms with Crippen LogP contribution in [0.3, 0.4) is 0 Å². The minimum atomic E-state index is -0.198. The van der Waals surface area contributed by atoms with Crippen LogP contribution in [0.5, 0.6) is 0 Å². The van der Waals surface area contributed by atoms with Gasteiger partial charge in [0.25, 0.3) is 0 Å². The number of halogens is 2. The van der Waals surface area contributed by atoms with Crippen molar-refractivity contribution in [1.29, 1.82) is 0 Å². The quantitative estimate of drug-likeness (QED) is 0.790. The molecule has 18 heavy (non-hydrogen) atoms. The molecule has 2 N–H and O–H groups in total. The SMILES string of the molecule is CC(C)(C)CC(Cl)c1cc2[nH]c(=O)[nH]c2cc1Br. The number of H-pyrrole nitrogens is 2. The second kappa shape index (κ2) is 4.74. The van der Waals surface area contributed by atoms with Crippen molar-refractivity contribution in [2.24, 2.45) is 5.41 Å². The highest BCUT2D eigenvalue weighted by molar-refractivity contribution is 9.10. The van der Waals surface area contributed by atoms with Gasteiger partial charge in [0.05, 0.1) is 16.4 Å². The van der Waals surface area contributed by atoms with E-state index in [1.807, 2.05) is 12.1 Å². The number of rotatable bonds is 2. The summed E-state index contributed by atoms with van der Waals surface area (Å²) in [7, 11) is 0. The Morgan fingerprint density at radius 2 is 1.83 bits per heavy atom. The molecule has 0 saturated carbocycles. The fourth-order valence-electron chi connectivity index (χ4n) is 1.96. The fourth-order valence-corrected chi connectivity index (χ4v) is 3.36. The Labute approximate surface area is 119 Å². The lowest BCUT2D eigenvalue weighted by molar-refractivity contribution is 0.372. The number of nitrogens with one attached hydrogen (secondary N) is 2. The van der Waals surface area contributed by atoms with Crippen molar-refractivity contribution in [2.45, 2.75) is 32.6 Å². The number of imidazole rings is 1. The summed E-state index contributed by atoms with van der Waals surface area (Å²) in [6, 6.07) is 3.82. The van der Waals surface area contributed by atoms with Gasteiger partial charge in [-0.25, -0.2) is 4.79 Å². The Balaban J connectivity index is 2.44. The highest BCUT2D eigenvalue weighted by Gasteiger charge is 2.20. The summed E-state index contributed by atoms with van der Waals surface area (Å²) in [5.41, 5.74) is 2.55. The van der Waals surface area contributed by atoms with E-state index in [1.165, 1.54) is 0 Å². The normalized spacial score (nSPS) is 14.1. The lowest BCUT2D eigenvalue weighted by Gasteiger charge is -2.22. The number of hydrogen-bond acceptors (Lipinski definition) is 1. The monoisotopic (exact) mass is 330 g/mol. The Morgan fingerprint density at radius 3 is 2.39 bits per heavy atom. The summed E-state index contributed by atoms with van der Waals surface area (Å²) in [6.07, 6.45) is 0.868. The molecule has 0 aliphatic rings. The third kappa shape index (κ3) is 2.98. The summed E-state index contributed by atoms with van der Waals surface area (Å²) in [4.78, 5) is 16.7. The third-order valence-electron chi connectivity index (χ3n) is 2.76. The standard InChI is InChI=1S/C13H16BrClN2O/c1-13(2,3)6-9(15)7-4-10-11(5-8(7)14)17-12(18)16-10/h4-5,9H,6H2,1-3H3,(H2,16,17,18). The first kappa shape index (κ1) is 13.7. The van der Waals surface area contributed by atoms with E-state index in [1.54, 1.807) is 0 Å². The summed E-state index contributed by atoms with van der Waals surface area (Å²) >= 11 is 9.99. The molecule has 0 aliphatic carbocycles. The van der Waals surface area contributed by atoms with E-state index in [-0.39, 0.29) is 16.5 Å². The first-order valence-electron chi connectivity index (χ1n) is 5.82. The molecule has 1 aromatic carbocycles. The van der Waals surface area contributed by atoms with E-state index in [2.05, 4.69) is 46.7 Å². The predicted octanol–water partition coefficient (Wildman–Crippen LogP) is 4.33. The third-order valence-corrected chi connectivity index (χ3v) is 3.84. The van der Waals surface area contributed by atoms with Crippen molar-refractivity contribution in [3.8, 4) is 0 Å². The van der Waals surface area contributed by atoms with E-state index in [0.29, 0.717) is 0 Å². The molecule has 0 spiro atoms. The van der Waals surface area contributed by atoms with Gasteiger partial charge in [-0.2, -0.15) is 0 Å². The topological polar surface area (TPSA) is 48.6 Å². The molecule has 0 fully saturated rings. The van der Waals surface area contributed by atoms with Gasteiger partial charge in [0.1, 0.15) is 0 Å². The van der Waals surface area contributed by atoms with Gasteiger partial charge in [0.15, 0.2) is 0 Å². The van der Waals surface area contributed by atoms with Gasteiger partial charge in [-0.05, 0) is 29.5 Å². The molecule has 1 heterocycles. The summed E-state index contributed by atoms with van der Waals surface area (Å²) < 4.78 is 0.925. The first-order chi connectivity index (χ1) is 8.26. The summed E-state index contributed by atoms with van der Waals surface area (Å²) in [5, 5.41) is -0.0813. The lowest BCUT2D eigenvalue weighted by Crippen LogP contribution is -2.09. The van der Waals surface area contributed by atoms with Gasteiger partial charge < -0.3 is 9.97 Å². The van der Waals surface area contributed by atoms with E-state index >= 15 is 0 Å². The van der Waals surface area contributed by atoms with Crippen LogP contribution in [-0.2, 0) is 0 Å². The Bertz CT molecular complexity index is 624. The van der Waals surface area contributed by atoms with Crippen molar-refractivity contribution in [2.75, 3.05) is 0 Å². The molecule has 2 aromatic rings. The maximum absolute atomic E-state index is 11.3. The fraction of sp³-hybridized carbons (Fsp3) is 0.462. The van der Waals surface area contributed by atoms with Crippen molar-refractivity contribution < 1.29 is 0 Å². The second-order valence-electron chi connectivity index (χ2n) is 5.73. The zero-order chi connectivity index (χ0) is 13.5. The summed E-state index contributed by atoms with van der Waals surface area (Å²) in [6.45, 7) is 6.48. The number of hydrogen-bond donors (Lipinski definition) is 2. The van der Waals surface area contributed by atoms with Gasteiger partial charge in [-0.3, -0.25) is 0 Å². The minimum Gasteiger partial charge on any atom is -0.306 e. The number of aromatic nitrogens is 2. The molecule has 1 atom stereocenters. The first-order valence-corrected chi connectivity index (χ1v) is 7.05. The molecule has 0 aliphatic heterocycles. The summed E-state index contributed by atoms with van der Waals surface area (Å²) in [5.74, 6) is 0. The highest BCUT2D eigenvalue weighted by Crippen LogP contribution is 2.38. The minimum absolute atomic E-state index is 0.0813. The molecule has 5 heteroatoms. The molecule has 0 saturated heterocycles. The van der Waals surface area contributed by atoms with Gasteiger partial charge >= 0.3 is 5.69 Å². The van der Waals surface area contributed by atoms with E-state index in [4.69, 9.17) is 11.6 Å². The largest absolute Gasteiger partial charge is 0.323 e. The van der Waals surface area contributed by atoms with E-state index in [9.17, 15) is 4.79 Å². The molecule has 0 radical (unpaired) electrons. The highest BCUT2D eigenvalue weighted by atomic mass is 79.9. The predicted molar refractivity (Wildman–Crippen MR) is 79.3 cm³/mol. The number of fused-ring (bicyclic) bond motifs is 1. The van der Waals surface area contributed by atoms with Gasteiger partial charge in [-0.1, -0.05) is 36.7 Å². The van der Waals surface area contributed by atoms with Crippen molar-refractivity contribution in [1.82, 2.24) is 9.97 Å². The Kier molecular flexibility index (Phi) is 3.60. The second-order valence-corrected chi connectivity index (χ2v) is 7.11. The van der Waals surface area contributed by atoms with Crippen LogP contribution in [0.2, 0.25) is 0 Å². The van der Waals surface area contributed by atoms with Crippen molar-refractivity contribution in [3.63, 3.8) is 0 Å². The average Bonchev–Trinajstić information content (AvgIpc) is 2.53. The van der Waals surface area contributed by atoms with Gasteiger partial charge in [-0.15, -0.1) is 11.6 Å². The van der Waals surface area contributed by atoms with Crippen LogP contribution in [0.4, 0.5) is 0 Å². The molecule has 1 unspecified atom stereocenters. The Morgan fingerprint density at radius 1 is 1.28 bits per heavy atom.